The first-order chi connectivity index (χ1) is 3.41. The first-order valence-corrected chi connectivity index (χ1v) is 2.02. The highest BCUT2D eigenvalue weighted by molar-refractivity contribution is 4.21. The second-order valence-corrected chi connectivity index (χ2v) is 0.827. The molecule has 0 aliphatic carbocycles. The van der Waals surface area contributed by atoms with Crippen LogP contribution in [0.5, 0.6) is 0 Å². The minimum atomic E-state index is -0.819. The van der Waals surface area contributed by atoms with Crippen molar-refractivity contribution in [2.45, 2.75) is 6.92 Å². The van der Waals surface area contributed by atoms with Crippen LogP contribution in [0.2, 0.25) is 0 Å². The highest BCUT2D eigenvalue weighted by atomic mass is 19.1. The van der Waals surface area contributed by atoms with E-state index in [-0.39, 0.29) is 0 Å². The molecule has 43 valence electrons. The largest absolute Gasteiger partial charge is 0.348 e. The Morgan fingerprint density at radius 1 is 1.57 bits per heavy atom. The van der Waals surface area contributed by atoms with Crippen LogP contribution in [-0.4, -0.2) is 13.5 Å². The van der Waals surface area contributed by atoms with Gasteiger partial charge in [-0.25, -0.2) is 4.39 Å². The van der Waals surface area contributed by atoms with Crippen LogP contribution in [0, 0.1) is 6.79 Å². The van der Waals surface area contributed by atoms with Gasteiger partial charge >= 0.3 is 0 Å². The molecule has 0 N–H and O–H groups in total. The molecule has 1 radical (unpaired) electrons. The average Bonchev–Trinajstić information content (AvgIpc) is 1.69. The molecule has 0 saturated heterocycles. The Labute approximate surface area is 42.2 Å². The van der Waals surface area contributed by atoms with Crippen LogP contribution in [-0.2, 0) is 9.47 Å². The molecule has 0 saturated carbocycles. The van der Waals surface area contributed by atoms with Crippen LogP contribution in [0.1, 0.15) is 6.92 Å². The van der Waals surface area contributed by atoms with Crippen molar-refractivity contribution in [2.75, 3.05) is 13.5 Å². The van der Waals surface area contributed by atoms with Gasteiger partial charge in [-0.05, 0) is 6.92 Å². The first-order valence-electron chi connectivity index (χ1n) is 2.02. The fourth-order valence-electron chi connectivity index (χ4n) is 0.142. The number of hydrogen-bond acceptors (Lipinski definition) is 2. The topological polar surface area (TPSA) is 18.5 Å². The Morgan fingerprint density at radius 3 is 2.71 bits per heavy atom. The molecule has 0 rings (SSSR count). The molecule has 2 nitrogen and oxygen atoms in total. The number of alkyl halides is 1. The highest BCUT2D eigenvalue weighted by Crippen LogP contribution is 1.82. The maximum atomic E-state index is 11.0. The summed E-state index contributed by atoms with van der Waals surface area (Å²) in [5, 5.41) is 0. The molecule has 0 aromatic carbocycles. The second-order valence-electron chi connectivity index (χ2n) is 0.827. The zero-order valence-corrected chi connectivity index (χ0v) is 4.19. The Balaban J connectivity index is 2.45. The summed E-state index contributed by atoms with van der Waals surface area (Å²) in [5.74, 6) is 0. The fraction of sp³-hybridized carbons (Fsp3) is 0.750. The van der Waals surface area contributed by atoms with Gasteiger partial charge in [0.2, 0.25) is 6.79 Å². The molecule has 0 fully saturated rings. The Morgan fingerprint density at radius 2 is 2.29 bits per heavy atom. The maximum absolute atomic E-state index is 11.0. The van der Waals surface area contributed by atoms with Crippen molar-refractivity contribution in [1.82, 2.24) is 0 Å². The fourth-order valence-corrected chi connectivity index (χ4v) is 0.142. The minimum absolute atomic E-state index is 0.514. The van der Waals surface area contributed by atoms with Crippen LogP contribution in [0.15, 0.2) is 0 Å². The van der Waals surface area contributed by atoms with Crippen molar-refractivity contribution in [3.05, 3.63) is 6.79 Å². The van der Waals surface area contributed by atoms with E-state index >= 15 is 0 Å². The first kappa shape index (κ1) is 6.85. The lowest BCUT2D eigenvalue weighted by molar-refractivity contribution is -0.0115. The molecule has 7 heavy (non-hydrogen) atoms. The van der Waals surface area contributed by atoms with E-state index in [1.165, 1.54) is 0 Å². The van der Waals surface area contributed by atoms with Crippen molar-refractivity contribution in [3.63, 3.8) is 0 Å². The van der Waals surface area contributed by atoms with Gasteiger partial charge in [-0.15, -0.1) is 0 Å². The van der Waals surface area contributed by atoms with Gasteiger partial charge in [-0.1, -0.05) is 0 Å². The highest BCUT2D eigenvalue weighted by Gasteiger charge is 1.80. The summed E-state index contributed by atoms with van der Waals surface area (Å²) in [6.45, 7) is 2.47. The third-order valence-corrected chi connectivity index (χ3v) is 0.366. The molecule has 0 amide bonds. The predicted octanol–water partition coefficient (Wildman–Crippen LogP) is 1.09. The Kier molecular flexibility index (Phi) is 5.72. The van der Waals surface area contributed by atoms with Gasteiger partial charge in [0.25, 0.3) is 0 Å². The summed E-state index contributed by atoms with van der Waals surface area (Å²) in [4.78, 5) is 0. The van der Waals surface area contributed by atoms with Crippen molar-refractivity contribution < 1.29 is 13.9 Å². The van der Waals surface area contributed by atoms with Crippen LogP contribution >= 0.6 is 0 Å². The molecule has 0 aromatic heterocycles. The number of ether oxygens (including phenoxy) is 2. The van der Waals surface area contributed by atoms with Gasteiger partial charge in [0.15, 0.2) is 6.86 Å². The lowest BCUT2D eigenvalue weighted by atomic mass is 10.9. The molecule has 0 heterocycles. The monoisotopic (exact) mass is 107 g/mol. The van der Waals surface area contributed by atoms with Crippen LogP contribution < -0.4 is 0 Å². The van der Waals surface area contributed by atoms with Crippen molar-refractivity contribution in [1.29, 1.82) is 0 Å². The van der Waals surface area contributed by atoms with E-state index < -0.39 is 6.86 Å². The normalized spacial score (nSPS) is 9.43. The zero-order chi connectivity index (χ0) is 5.54. The second kappa shape index (κ2) is 5.85. The maximum Gasteiger partial charge on any atom is 0.212 e. The summed E-state index contributed by atoms with van der Waals surface area (Å²) in [6, 6.07) is 0. The number of hydrogen-bond donors (Lipinski definition) is 0. The van der Waals surface area contributed by atoms with Crippen LogP contribution in [0.25, 0.3) is 0 Å². The van der Waals surface area contributed by atoms with Crippen molar-refractivity contribution >= 4 is 0 Å². The van der Waals surface area contributed by atoms with E-state index in [1.807, 2.05) is 0 Å². The summed E-state index contributed by atoms with van der Waals surface area (Å²) in [6.07, 6.45) is 0. The lowest BCUT2D eigenvalue weighted by Crippen LogP contribution is -1.89. The minimum Gasteiger partial charge on any atom is -0.348 e. The lowest BCUT2D eigenvalue weighted by Gasteiger charge is -1.93. The standard InChI is InChI=1S/C4H8FO2/c1-2-6-4-7-3-5/h4H,2-3H2,1H3. The van der Waals surface area contributed by atoms with E-state index in [2.05, 4.69) is 9.47 Å². The van der Waals surface area contributed by atoms with Gasteiger partial charge in [0.05, 0.1) is 0 Å². The summed E-state index contributed by atoms with van der Waals surface area (Å²) < 4.78 is 19.5. The van der Waals surface area contributed by atoms with Gasteiger partial charge in [-0.3, -0.25) is 0 Å². The molecule has 0 unspecified atom stereocenters. The SMILES string of the molecule is CCO[CH]OCF. The summed E-state index contributed by atoms with van der Waals surface area (Å²) in [7, 11) is 0. The zero-order valence-electron chi connectivity index (χ0n) is 4.19. The molecule has 0 aromatic rings. The molecular weight excluding hydrogens is 99.0 g/mol. The predicted molar refractivity (Wildman–Crippen MR) is 23.0 cm³/mol. The van der Waals surface area contributed by atoms with Crippen molar-refractivity contribution in [2.24, 2.45) is 0 Å². The van der Waals surface area contributed by atoms with E-state index in [9.17, 15) is 4.39 Å². The Bertz CT molecular complexity index is 28.9. The summed E-state index contributed by atoms with van der Waals surface area (Å²) in [5.41, 5.74) is 0. The van der Waals surface area contributed by atoms with E-state index in [4.69, 9.17) is 0 Å². The molecule has 0 bridgehead atoms. The molecule has 0 spiro atoms. The van der Waals surface area contributed by atoms with Gasteiger partial charge in [-0.2, -0.15) is 0 Å². The number of rotatable bonds is 4. The Hall–Kier alpha value is -0.150. The van der Waals surface area contributed by atoms with Gasteiger partial charge in [0.1, 0.15) is 0 Å². The molecule has 3 heteroatoms. The average molecular weight is 107 g/mol. The van der Waals surface area contributed by atoms with Crippen LogP contribution in [0.4, 0.5) is 4.39 Å². The number of halogens is 1. The van der Waals surface area contributed by atoms with E-state index in [0.717, 1.165) is 6.79 Å². The van der Waals surface area contributed by atoms with Gasteiger partial charge in [0, 0.05) is 6.61 Å². The molecule has 0 atom stereocenters. The van der Waals surface area contributed by atoms with Crippen molar-refractivity contribution in [3.8, 4) is 0 Å². The molecular formula is C4H8FO2. The van der Waals surface area contributed by atoms with E-state index in [1.54, 1.807) is 6.92 Å². The van der Waals surface area contributed by atoms with E-state index in [0.29, 0.717) is 6.61 Å². The van der Waals surface area contributed by atoms with Gasteiger partial charge < -0.3 is 9.47 Å². The quantitative estimate of drug-likeness (QED) is 0.500. The summed E-state index contributed by atoms with van der Waals surface area (Å²) >= 11 is 0. The molecule has 0 aliphatic heterocycles. The smallest absolute Gasteiger partial charge is 0.212 e. The molecule has 0 aliphatic rings. The van der Waals surface area contributed by atoms with Crippen LogP contribution in [0.3, 0.4) is 0 Å². The third-order valence-electron chi connectivity index (χ3n) is 0.366. The third kappa shape index (κ3) is 5.85.